The van der Waals surface area contributed by atoms with E-state index in [9.17, 15) is 19.7 Å². The van der Waals surface area contributed by atoms with Gasteiger partial charge in [-0.1, -0.05) is 0 Å². The minimum atomic E-state index is -0.517. The smallest absolute Gasteiger partial charge is 0.314 e. The molecule has 2 aliphatic rings. The van der Waals surface area contributed by atoms with Crippen molar-refractivity contribution in [2.75, 3.05) is 18.0 Å². The SMILES string of the molecule is O=C1CN(CC2CC2)C(=O)N1c1ccc([N+](=O)[O-])cc1. The van der Waals surface area contributed by atoms with Crippen LogP contribution in [0.2, 0.25) is 0 Å². The van der Waals surface area contributed by atoms with Crippen molar-refractivity contribution in [2.24, 2.45) is 5.92 Å². The van der Waals surface area contributed by atoms with Gasteiger partial charge in [0.05, 0.1) is 10.6 Å². The lowest BCUT2D eigenvalue weighted by Crippen LogP contribution is -2.33. The molecule has 0 aromatic heterocycles. The number of non-ortho nitro benzene ring substituents is 1. The van der Waals surface area contributed by atoms with Gasteiger partial charge in [0.1, 0.15) is 6.54 Å². The van der Waals surface area contributed by atoms with Crippen LogP contribution < -0.4 is 4.90 Å². The van der Waals surface area contributed by atoms with Gasteiger partial charge in [-0.15, -0.1) is 0 Å². The van der Waals surface area contributed by atoms with E-state index in [-0.39, 0.29) is 24.2 Å². The van der Waals surface area contributed by atoms with Crippen molar-refractivity contribution < 1.29 is 14.5 Å². The zero-order valence-electron chi connectivity index (χ0n) is 10.7. The number of amides is 3. The average molecular weight is 275 g/mol. The van der Waals surface area contributed by atoms with E-state index in [1.807, 2.05) is 0 Å². The second-order valence-electron chi connectivity index (χ2n) is 5.11. The normalized spacial score (nSPS) is 18.8. The molecule has 0 radical (unpaired) electrons. The number of urea groups is 1. The molecule has 7 heteroatoms. The van der Waals surface area contributed by atoms with E-state index in [2.05, 4.69) is 0 Å². The third-order valence-corrected chi connectivity index (χ3v) is 3.53. The van der Waals surface area contributed by atoms with E-state index in [4.69, 9.17) is 0 Å². The van der Waals surface area contributed by atoms with Gasteiger partial charge in [0.25, 0.3) is 11.6 Å². The summed E-state index contributed by atoms with van der Waals surface area (Å²) in [5.74, 6) is 0.230. The Bertz CT molecular complexity index is 580. The molecule has 0 N–H and O–H groups in total. The summed E-state index contributed by atoms with van der Waals surface area (Å²) in [7, 11) is 0. The van der Waals surface area contributed by atoms with E-state index in [1.54, 1.807) is 4.90 Å². The number of nitro benzene ring substituents is 1. The average Bonchev–Trinajstić information content (AvgIpc) is 3.17. The monoisotopic (exact) mass is 275 g/mol. The molecule has 0 unspecified atom stereocenters. The fourth-order valence-electron chi connectivity index (χ4n) is 2.28. The van der Waals surface area contributed by atoms with Gasteiger partial charge >= 0.3 is 6.03 Å². The summed E-state index contributed by atoms with van der Waals surface area (Å²) >= 11 is 0. The summed E-state index contributed by atoms with van der Waals surface area (Å²) in [6, 6.07) is 5.10. The molecule has 1 saturated carbocycles. The number of nitro groups is 1. The number of rotatable bonds is 4. The molecule has 1 saturated heterocycles. The molecule has 7 nitrogen and oxygen atoms in total. The second-order valence-corrected chi connectivity index (χ2v) is 5.11. The molecule has 3 rings (SSSR count). The van der Waals surface area contributed by atoms with Crippen LogP contribution in [0, 0.1) is 16.0 Å². The number of benzene rings is 1. The van der Waals surface area contributed by atoms with Crippen molar-refractivity contribution in [1.82, 2.24) is 4.90 Å². The minimum Gasteiger partial charge on any atom is -0.314 e. The Hall–Kier alpha value is -2.44. The quantitative estimate of drug-likeness (QED) is 0.476. The zero-order chi connectivity index (χ0) is 14.3. The van der Waals surface area contributed by atoms with E-state index in [0.717, 1.165) is 17.7 Å². The van der Waals surface area contributed by atoms with Gasteiger partial charge in [0.15, 0.2) is 0 Å². The van der Waals surface area contributed by atoms with E-state index in [1.165, 1.54) is 24.3 Å². The Balaban J connectivity index is 1.79. The summed E-state index contributed by atoms with van der Waals surface area (Å²) in [4.78, 5) is 36.8. The maximum absolute atomic E-state index is 12.2. The van der Waals surface area contributed by atoms with Crippen molar-refractivity contribution in [1.29, 1.82) is 0 Å². The number of carbonyl (C=O) groups excluding carboxylic acids is 2. The molecular weight excluding hydrogens is 262 g/mol. The number of imide groups is 1. The molecule has 0 spiro atoms. The number of hydrogen-bond acceptors (Lipinski definition) is 4. The van der Waals surface area contributed by atoms with Crippen molar-refractivity contribution >= 4 is 23.3 Å². The van der Waals surface area contributed by atoms with Gasteiger partial charge < -0.3 is 4.90 Å². The third-order valence-electron chi connectivity index (χ3n) is 3.53. The van der Waals surface area contributed by atoms with Crippen LogP contribution in [-0.2, 0) is 4.79 Å². The summed E-state index contributed by atoms with van der Waals surface area (Å²) in [6.07, 6.45) is 2.21. The van der Waals surface area contributed by atoms with Crippen molar-refractivity contribution in [3.63, 3.8) is 0 Å². The largest absolute Gasteiger partial charge is 0.331 e. The Morgan fingerprint density at radius 2 is 1.85 bits per heavy atom. The Labute approximate surface area is 114 Å². The van der Waals surface area contributed by atoms with Crippen molar-refractivity contribution in [2.45, 2.75) is 12.8 Å². The van der Waals surface area contributed by atoms with E-state index >= 15 is 0 Å². The van der Waals surface area contributed by atoms with Crippen molar-refractivity contribution in [3.05, 3.63) is 34.4 Å². The Morgan fingerprint density at radius 3 is 2.40 bits per heavy atom. The molecule has 1 aromatic rings. The number of carbonyl (C=O) groups is 2. The molecule has 20 heavy (non-hydrogen) atoms. The van der Waals surface area contributed by atoms with Gasteiger partial charge in [0.2, 0.25) is 0 Å². The van der Waals surface area contributed by atoms with Crippen LogP contribution in [0.4, 0.5) is 16.2 Å². The molecule has 3 amide bonds. The molecular formula is C13H13N3O4. The number of nitrogens with zero attached hydrogens (tertiary/aromatic N) is 3. The first kappa shape index (κ1) is 12.6. The van der Waals surface area contributed by atoms with Gasteiger partial charge in [0, 0.05) is 18.7 Å². The van der Waals surface area contributed by atoms with Gasteiger partial charge in [-0.25, -0.2) is 9.69 Å². The van der Waals surface area contributed by atoms with Crippen LogP contribution in [0.25, 0.3) is 0 Å². The maximum atomic E-state index is 12.2. The molecule has 1 aromatic carbocycles. The molecule has 104 valence electrons. The fourth-order valence-corrected chi connectivity index (χ4v) is 2.28. The highest BCUT2D eigenvalue weighted by Gasteiger charge is 2.39. The zero-order valence-corrected chi connectivity index (χ0v) is 10.7. The predicted molar refractivity (Wildman–Crippen MR) is 70.3 cm³/mol. The lowest BCUT2D eigenvalue weighted by Gasteiger charge is -2.16. The van der Waals surface area contributed by atoms with Crippen LogP contribution in [0.1, 0.15) is 12.8 Å². The fraction of sp³-hybridized carbons (Fsp3) is 0.385. The summed E-state index contributed by atoms with van der Waals surface area (Å²) in [5, 5.41) is 10.6. The topological polar surface area (TPSA) is 83.8 Å². The molecule has 1 heterocycles. The first-order valence-electron chi connectivity index (χ1n) is 6.42. The lowest BCUT2D eigenvalue weighted by molar-refractivity contribution is -0.384. The standard InChI is InChI=1S/C13H13N3O4/c17-12-8-14(7-9-1-2-9)13(18)15(12)10-3-5-11(6-4-10)16(19)20/h3-6,9H,1-2,7-8H2. The third kappa shape index (κ3) is 2.22. The Morgan fingerprint density at radius 1 is 1.20 bits per heavy atom. The van der Waals surface area contributed by atoms with Gasteiger partial charge in [-0.2, -0.15) is 0 Å². The molecule has 0 bridgehead atoms. The minimum absolute atomic E-state index is 0.0670. The second kappa shape index (κ2) is 4.59. The molecule has 1 aliphatic heterocycles. The van der Waals surface area contributed by atoms with Crippen LogP contribution in [0.5, 0.6) is 0 Å². The highest BCUT2D eigenvalue weighted by atomic mass is 16.6. The molecule has 2 fully saturated rings. The highest BCUT2D eigenvalue weighted by Crippen LogP contribution is 2.32. The first-order chi connectivity index (χ1) is 9.56. The summed E-state index contributed by atoms with van der Waals surface area (Å²) in [6.45, 7) is 0.709. The predicted octanol–water partition coefficient (Wildman–Crippen LogP) is 1.77. The first-order valence-corrected chi connectivity index (χ1v) is 6.42. The lowest BCUT2D eigenvalue weighted by atomic mass is 10.2. The number of hydrogen-bond donors (Lipinski definition) is 0. The van der Waals surface area contributed by atoms with E-state index in [0.29, 0.717) is 18.2 Å². The van der Waals surface area contributed by atoms with Crippen LogP contribution in [0.15, 0.2) is 24.3 Å². The number of anilines is 1. The van der Waals surface area contributed by atoms with Crippen LogP contribution in [-0.4, -0.2) is 34.9 Å². The highest BCUT2D eigenvalue weighted by molar-refractivity contribution is 6.19. The van der Waals surface area contributed by atoms with Crippen LogP contribution in [0.3, 0.4) is 0 Å². The van der Waals surface area contributed by atoms with Crippen molar-refractivity contribution in [3.8, 4) is 0 Å². The summed E-state index contributed by atoms with van der Waals surface area (Å²) < 4.78 is 0. The maximum Gasteiger partial charge on any atom is 0.331 e. The molecule has 0 atom stereocenters. The van der Waals surface area contributed by atoms with Crippen LogP contribution >= 0.6 is 0 Å². The summed E-state index contributed by atoms with van der Waals surface area (Å²) in [5.41, 5.74) is 0.312. The van der Waals surface area contributed by atoms with Gasteiger partial charge in [-0.05, 0) is 30.9 Å². The van der Waals surface area contributed by atoms with E-state index < -0.39 is 4.92 Å². The Kier molecular flexibility index (Phi) is 2.89. The molecule has 1 aliphatic carbocycles. The van der Waals surface area contributed by atoms with Gasteiger partial charge in [-0.3, -0.25) is 14.9 Å².